The predicted octanol–water partition coefficient (Wildman–Crippen LogP) is 5.30. The molecule has 5 heteroatoms. The smallest absolute Gasteiger partial charge is 0.265 e. The van der Waals surface area contributed by atoms with Crippen molar-refractivity contribution in [3.8, 4) is 0 Å². The highest BCUT2D eigenvalue weighted by Gasteiger charge is 2.29. The molecule has 0 unspecified atom stereocenters. The van der Waals surface area contributed by atoms with Crippen molar-refractivity contribution in [2.24, 2.45) is 0 Å². The molecule has 1 heterocycles. The average Bonchev–Trinajstić information content (AvgIpc) is 2.82. The van der Waals surface area contributed by atoms with E-state index in [1.54, 1.807) is 11.0 Å². The summed E-state index contributed by atoms with van der Waals surface area (Å²) in [5.74, 6) is -0.480. The Hall–Kier alpha value is -3.57. The van der Waals surface area contributed by atoms with Crippen LogP contribution in [-0.2, 0) is 16.0 Å². The van der Waals surface area contributed by atoms with E-state index in [0.29, 0.717) is 17.9 Å². The van der Waals surface area contributed by atoms with Crippen molar-refractivity contribution in [3.05, 3.63) is 120 Å². The standard InChI is InChI=1S/C27H24N2O2S/c1-2-17-29-23-15-9-10-16-24(23)32-25(27(29)31)19-26(30)28-22(21-13-7-4-8-14-21)18-20-11-5-3-6-12-20/h2-16,19,22H,1,17-18H2,(H,28,30)/b25-19+/t22-/m0/s1. The van der Waals surface area contributed by atoms with Crippen molar-refractivity contribution < 1.29 is 9.59 Å². The fourth-order valence-corrected chi connectivity index (χ4v) is 4.72. The normalized spacial score (nSPS) is 15.2. The van der Waals surface area contributed by atoms with Gasteiger partial charge in [-0.1, -0.05) is 90.6 Å². The van der Waals surface area contributed by atoms with Gasteiger partial charge in [0.25, 0.3) is 5.91 Å². The first-order valence-corrected chi connectivity index (χ1v) is 11.3. The first kappa shape index (κ1) is 21.7. The maximum absolute atomic E-state index is 13.1. The fourth-order valence-electron chi connectivity index (χ4n) is 3.69. The van der Waals surface area contributed by atoms with Gasteiger partial charge < -0.3 is 10.2 Å². The lowest BCUT2D eigenvalue weighted by atomic mass is 9.99. The molecule has 32 heavy (non-hydrogen) atoms. The van der Waals surface area contributed by atoms with E-state index in [0.717, 1.165) is 21.7 Å². The van der Waals surface area contributed by atoms with E-state index in [2.05, 4.69) is 11.9 Å². The Bertz CT molecular complexity index is 1140. The summed E-state index contributed by atoms with van der Waals surface area (Å²) in [6.07, 6.45) is 3.76. The molecule has 0 saturated heterocycles. The zero-order chi connectivity index (χ0) is 22.3. The van der Waals surface area contributed by atoms with Crippen molar-refractivity contribution in [2.45, 2.75) is 17.4 Å². The third-order valence-electron chi connectivity index (χ3n) is 5.21. The Labute approximate surface area is 192 Å². The highest BCUT2D eigenvalue weighted by molar-refractivity contribution is 8.04. The van der Waals surface area contributed by atoms with Crippen molar-refractivity contribution in [3.63, 3.8) is 0 Å². The third-order valence-corrected chi connectivity index (χ3v) is 6.28. The van der Waals surface area contributed by atoms with Crippen LogP contribution in [-0.4, -0.2) is 18.4 Å². The van der Waals surface area contributed by atoms with Crippen molar-refractivity contribution in [1.29, 1.82) is 0 Å². The molecule has 3 aromatic rings. The van der Waals surface area contributed by atoms with Gasteiger partial charge in [-0.15, -0.1) is 6.58 Å². The van der Waals surface area contributed by atoms with Crippen LogP contribution in [0.3, 0.4) is 0 Å². The van der Waals surface area contributed by atoms with Gasteiger partial charge in [0, 0.05) is 17.5 Å². The van der Waals surface area contributed by atoms with Crippen LogP contribution < -0.4 is 10.2 Å². The maximum atomic E-state index is 13.1. The molecule has 0 bridgehead atoms. The maximum Gasteiger partial charge on any atom is 0.265 e. The van der Waals surface area contributed by atoms with Crippen LogP contribution in [0.4, 0.5) is 5.69 Å². The van der Waals surface area contributed by atoms with E-state index < -0.39 is 0 Å². The lowest BCUT2D eigenvalue weighted by Gasteiger charge is -2.29. The second kappa shape index (κ2) is 10.2. The summed E-state index contributed by atoms with van der Waals surface area (Å²) in [7, 11) is 0. The predicted molar refractivity (Wildman–Crippen MR) is 130 cm³/mol. The van der Waals surface area contributed by atoms with Crippen LogP contribution in [0, 0.1) is 0 Å². The SMILES string of the molecule is C=CCN1C(=O)/C(=C\C(=O)N[C@@H](Cc2ccccc2)c2ccccc2)Sc2ccccc21. The molecule has 1 aliphatic heterocycles. The minimum Gasteiger partial charge on any atom is -0.345 e. The third kappa shape index (κ3) is 5.01. The molecule has 2 amide bonds. The van der Waals surface area contributed by atoms with Crippen molar-refractivity contribution in [2.75, 3.05) is 11.4 Å². The van der Waals surface area contributed by atoms with E-state index >= 15 is 0 Å². The van der Waals surface area contributed by atoms with Gasteiger partial charge in [0.2, 0.25) is 5.91 Å². The number of hydrogen-bond acceptors (Lipinski definition) is 3. The zero-order valence-electron chi connectivity index (χ0n) is 17.6. The number of anilines is 1. The first-order valence-electron chi connectivity index (χ1n) is 10.5. The van der Waals surface area contributed by atoms with Gasteiger partial charge in [-0.3, -0.25) is 9.59 Å². The number of nitrogens with zero attached hydrogens (tertiary/aromatic N) is 1. The molecule has 0 fully saturated rings. The van der Waals surface area contributed by atoms with Gasteiger partial charge in [0.15, 0.2) is 0 Å². The Balaban J connectivity index is 1.58. The summed E-state index contributed by atoms with van der Waals surface area (Å²) in [5.41, 5.74) is 2.99. The molecule has 0 aliphatic carbocycles. The van der Waals surface area contributed by atoms with E-state index in [-0.39, 0.29) is 17.9 Å². The molecule has 4 nitrogen and oxygen atoms in total. The van der Waals surface area contributed by atoms with Crippen LogP contribution in [0.2, 0.25) is 0 Å². The molecule has 1 N–H and O–H groups in total. The summed E-state index contributed by atoms with van der Waals surface area (Å²) in [4.78, 5) is 29.1. The molecule has 0 aromatic heterocycles. The van der Waals surface area contributed by atoms with Crippen LogP contribution in [0.15, 0.2) is 113 Å². The van der Waals surface area contributed by atoms with Gasteiger partial charge >= 0.3 is 0 Å². The summed E-state index contributed by atoms with van der Waals surface area (Å²) in [6.45, 7) is 4.15. The van der Waals surface area contributed by atoms with Crippen LogP contribution in [0.1, 0.15) is 17.2 Å². The van der Waals surface area contributed by atoms with Gasteiger partial charge in [0.1, 0.15) is 0 Å². The number of hydrogen-bond donors (Lipinski definition) is 1. The number of rotatable bonds is 7. The summed E-state index contributed by atoms with van der Waals surface area (Å²) in [6, 6.07) is 27.4. The molecule has 0 spiro atoms. The zero-order valence-corrected chi connectivity index (χ0v) is 18.4. The molecule has 1 aliphatic rings. The van der Waals surface area contributed by atoms with Gasteiger partial charge in [-0.05, 0) is 29.7 Å². The van der Waals surface area contributed by atoms with E-state index in [1.165, 1.54) is 17.8 Å². The van der Waals surface area contributed by atoms with Crippen molar-refractivity contribution in [1.82, 2.24) is 5.32 Å². The second-order valence-electron chi connectivity index (χ2n) is 7.44. The molecule has 1 atom stereocenters. The summed E-state index contributed by atoms with van der Waals surface area (Å²) < 4.78 is 0. The van der Waals surface area contributed by atoms with Crippen molar-refractivity contribution >= 4 is 29.3 Å². The molecular weight excluding hydrogens is 416 g/mol. The van der Waals surface area contributed by atoms with Crippen LogP contribution in [0.25, 0.3) is 0 Å². The summed E-state index contributed by atoms with van der Waals surface area (Å²) in [5, 5.41) is 3.10. The fraction of sp³-hybridized carbons (Fsp3) is 0.111. The number of amides is 2. The molecule has 3 aromatic carbocycles. The average molecular weight is 441 g/mol. The van der Waals surface area contributed by atoms with Crippen LogP contribution in [0.5, 0.6) is 0 Å². The van der Waals surface area contributed by atoms with E-state index in [1.807, 2.05) is 84.9 Å². The highest BCUT2D eigenvalue weighted by Crippen LogP contribution is 2.41. The largest absolute Gasteiger partial charge is 0.345 e. The van der Waals surface area contributed by atoms with E-state index in [9.17, 15) is 9.59 Å². The Morgan fingerprint density at radius 3 is 2.34 bits per heavy atom. The topological polar surface area (TPSA) is 49.4 Å². The molecule has 160 valence electrons. The Morgan fingerprint density at radius 2 is 1.62 bits per heavy atom. The number of carbonyl (C=O) groups excluding carboxylic acids is 2. The lowest BCUT2D eigenvalue weighted by Crippen LogP contribution is -2.35. The Morgan fingerprint density at radius 1 is 0.969 bits per heavy atom. The monoisotopic (exact) mass is 440 g/mol. The Kier molecular flexibility index (Phi) is 6.87. The highest BCUT2D eigenvalue weighted by atomic mass is 32.2. The van der Waals surface area contributed by atoms with E-state index in [4.69, 9.17) is 0 Å². The number of fused-ring (bicyclic) bond motifs is 1. The number of para-hydroxylation sites is 1. The minimum absolute atomic E-state index is 0.192. The number of benzene rings is 3. The molecular formula is C27H24N2O2S. The van der Waals surface area contributed by atoms with Gasteiger partial charge in [-0.2, -0.15) is 0 Å². The second-order valence-corrected chi connectivity index (χ2v) is 8.53. The minimum atomic E-state index is -0.288. The number of carbonyl (C=O) groups is 2. The number of nitrogens with one attached hydrogen (secondary N) is 1. The first-order chi connectivity index (χ1) is 15.7. The van der Waals surface area contributed by atoms with Gasteiger partial charge in [-0.25, -0.2) is 0 Å². The molecule has 0 saturated carbocycles. The number of thioether (sulfide) groups is 1. The van der Waals surface area contributed by atoms with Crippen LogP contribution >= 0.6 is 11.8 Å². The molecule has 4 rings (SSSR count). The summed E-state index contributed by atoms with van der Waals surface area (Å²) >= 11 is 1.32. The van der Waals surface area contributed by atoms with Gasteiger partial charge in [0.05, 0.1) is 16.6 Å². The quantitative estimate of drug-likeness (QED) is 0.401. The lowest BCUT2D eigenvalue weighted by molar-refractivity contribution is -0.118. The molecule has 0 radical (unpaired) electrons.